The second-order valence-electron chi connectivity index (χ2n) is 4.41. The Hall–Kier alpha value is -1.28. The molecular formula is C14H22N2. The average Bonchev–Trinajstić information content (AvgIpc) is 2.27. The third-order valence-electron chi connectivity index (χ3n) is 2.89. The summed E-state index contributed by atoms with van der Waals surface area (Å²) in [6.07, 6.45) is 3.10. The van der Waals surface area contributed by atoms with Crippen LogP contribution in [0.1, 0.15) is 24.8 Å². The summed E-state index contributed by atoms with van der Waals surface area (Å²) in [5, 5.41) is 0. The van der Waals surface area contributed by atoms with E-state index in [1.807, 2.05) is 18.2 Å². The lowest BCUT2D eigenvalue weighted by Crippen LogP contribution is -2.20. The van der Waals surface area contributed by atoms with Crippen LogP contribution < -0.4 is 5.73 Å². The maximum atomic E-state index is 5.67. The normalized spacial score (nSPS) is 12.7. The first-order valence-corrected chi connectivity index (χ1v) is 5.78. The van der Waals surface area contributed by atoms with Gasteiger partial charge in [0.2, 0.25) is 0 Å². The highest BCUT2D eigenvalue weighted by molar-refractivity contribution is 5.40. The predicted molar refractivity (Wildman–Crippen MR) is 71.6 cm³/mol. The first-order valence-electron chi connectivity index (χ1n) is 5.78. The number of nitrogens with two attached hydrogens (primary N) is 1. The molecule has 88 valence electrons. The van der Waals surface area contributed by atoms with Crippen molar-refractivity contribution in [1.29, 1.82) is 0 Å². The van der Waals surface area contributed by atoms with Crippen molar-refractivity contribution in [2.75, 3.05) is 25.9 Å². The molecule has 1 atom stereocenters. The van der Waals surface area contributed by atoms with Crippen LogP contribution in [-0.4, -0.2) is 25.0 Å². The van der Waals surface area contributed by atoms with Gasteiger partial charge >= 0.3 is 0 Å². The van der Waals surface area contributed by atoms with Crippen molar-refractivity contribution in [3.05, 3.63) is 42.5 Å². The molecule has 0 saturated heterocycles. The number of nitrogen functional groups attached to an aromatic ring is 1. The number of rotatable bonds is 6. The van der Waals surface area contributed by atoms with Gasteiger partial charge in [0, 0.05) is 12.2 Å². The lowest BCUT2D eigenvalue weighted by molar-refractivity contribution is 0.353. The van der Waals surface area contributed by atoms with Gasteiger partial charge in [0.1, 0.15) is 0 Å². The molecule has 0 aliphatic carbocycles. The predicted octanol–water partition coefficient (Wildman–Crippen LogP) is 2.88. The lowest BCUT2D eigenvalue weighted by atomic mass is 9.97. The van der Waals surface area contributed by atoms with Crippen LogP contribution >= 0.6 is 0 Å². The topological polar surface area (TPSA) is 29.3 Å². The van der Waals surface area contributed by atoms with Crippen LogP contribution in [0.2, 0.25) is 0 Å². The number of benzene rings is 1. The minimum absolute atomic E-state index is 0.577. The van der Waals surface area contributed by atoms with Crippen LogP contribution in [0.3, 0.4) is 0 Å². The van der Waals surface area contributed by atoms with Crippen molar-refractivity contribution in [1.82, 2.24) is 4.90 Å². The molecule has 16 heavy (non-hydrogen) atoms. The maximum Gasteiger partial charge on any atom is 0.0314 e. The van der Waals surface area contributed by atoms with Gasteiger partial charge in [0.05, 0.1) is 0 Å². The molecule has 0 radical (unpaired) electrons. The maximum absolute atomic E-state index is 5.67. The molecular weight excluding hydrogens is 196 g/mol. The molecule has 0 aliphatic rings. The van der Waals surface area contributed by atoms with Crippen LogP contribution in [0.5, 0.6) is 0 Å². The van der Waals surface area contributed by atoms with Gasteiger partial charge < -0.3 is 10.6 Å². The van der Waals surface area contributed by atoms with Crippen molar-refractivity contribution < 1.29 is 0 Å². The summed E-state index contributed by atoms with van der Waals surface area (Å²) in [5.41, 5.74) is 7.86. The van der Waals surface area contributed by atoms with Gasteiger partial charge in [-0.25, -0.2) is 0 Å². The van der Waals surface area contributed by atoms with Crippen LogP contribution in [0.4, 0.5) is 5.69 Å². The Labute approximate surface area is 98.8 Å². The highest BCUT2D eigenvalue weighted by atomic mass is 15.1. The van der Waals surface area contributed by atoms with E-state index >= 15 is 0 Å². The number of nitrogens with zero attached hydrogens (tertiary/aromatic N) is 1. The van der Waals surface area contributed by atoms with Crippen LogP contribution in [-0.2, 0) is 0 Å². The molecule has 2 nitrogen and oxygen atoms in total. The van der Waals surface area contributed by atoms with Crippen molar-refractivity contribution in [2.45, 2.75) is 19.3 Å². The van der Waals surface area contributed by atoms with Crippen molar-refractivity contribution in [3.8, 4) is 0 Å². The minimum atomic E-state index is 0.577. The molecule has 0 amide bonds. The number of hydrogen-bond donors (Lipinski definition) is 1. The molecule has 1 aromatic carbocycles. The molecule has 0 aromatic heterocycles. The fourth-order valence-electron chi connectivity index (χ4n) is 1.72. The summed E-state index contributed by atoms with van der Waals surface area (Å²) in [6.45, 7) is 8.04. The molecule has 1 unspecified atom stereocenters. The third-order valence-corrected chi connectivity index (χ3v) is 2.89. The zero-order valence-corrected chi connectivity index (χ0v) is 10.3. The van der Waals surface area contributed by atoms with Gasteiger partial charge in [-0.1, -0.05) is 25.1 Å². The summed E-state index contributed by atoms with van der Waals surface area (Å²) in [7, 11) is 2.12. The van der Waals surface area contributed by atoms with Gasteiger partial charge in [0.15, 0.2) is 0 Å². The van der Waals surface area contributed by atoms with E-state index in [4.69, 9.17) is 5.73 Å². The highest BCUT2D eigenvalue weighted by Gasteiger charge is 2.06. The average molecular weight is 218 g/mol. The van der Waals surface area contributed by atoms with E-state index in [2.05, 4.69) is 37.6 Å². The second kappa shape index (κ2) is 6.33. The van der Waals surface area contributed by atoms with E-state index in [1.165, 1.54) is 5.56 Å². The molecule has 2 heteroatoms. The fraction of sp³-hybridized carbons (Fsp3) is 0.429. The molecule has 2 N–H and O–H groups in total. The summed E-state index contributed by atoms with van der Waals surface area (Å²) in [6, 6.07) is 8.18. The van der Waals surface area contributed by atoms with Gasteiger partial charge in [-0.3, -0.25) is 0 Å². The smallest absolute Gasteiger partial charge is 0.0314 e. The van der Waals surface area contributed by atoms with Crippen LogP contribution in [0.15, 0.2) is 36.9 Å². The van der Waals surface area contributed by atoms with E-state index in [1.54, 1.807) is 0 Å². The van der Waals surface area contributed by atoms with Crippen LogP contribution in [0.25, 0.3) is 0 Å². The Kier molecular flexibility index (Phi) is 5.06. The van der Waals surface area contributed by atoms with E-state index in [9.17, 15) is 0 Å². The summed E-state index contributed by atoms with van der Waals surface area (Å²) < 4.78 is 0. The molecule has 0 aliphatic heterocycles. The Morgan fingerprint density at radius 1 is 1.38 bits per heavy atom. The Balaban J connectivity index is 2.43. The first kappa shape index (κ1) is 12.8. The standard InChI is InChI=1S/C14H22N2/c1-4-10-16(3)11-9-12(2)13-5-7-14(15)8-6-13/h4-8,12H,1,9-11,15H2,2-3H3. The first-order chi connectivity index (χ1) is 7.63. The summed E-state index contributed by atoms with van der Waals surface area (Å²) >= 11 is 0. The highest BCUT2D eigenvalue weighted by Crippen LogP contribution is 2.20. The quantitative estimate of drug-likeness (QED) is 0.587. The SMILES string of the molecule is C=CCN(C)CCC(C)c1ccc(N)cc1. The van der Waals surface area contributed by atoms with Crippen molar-refractivity contribution in [2.24, 2.45) is 0 Å². The van der Waals surface area contributed by atoms with Gasteiger partial charge in [0.25, 0.3) is 0 Å². The molecule has 0 spiro atoms. The summed E-state index contributed by atoms with van der Waals surface area (Å²) in [5.74, 6) is 0.577. The summed E-state index contributed by atoms with van der Waals surface area (Å²) in [4.78, 5) is 2.28. The zero-order valence-electron chi connectivity index (χ0n) is 10.3. The Morgan fingerprint density at radius 3 is 2.56 bits per heavy atom. The largest absolute Gasteiger partial charge is 0.399 e. The van der Waals surface area contributed by atoms with Crippen molar-refractivity contribution >= 4 is 5.69 Å². The fourth-order valence-corrected chi connectivity index (χ4v) is 1.72. The third kappa shape index (κ3) is 4.07. The van der Waals surface area contributed by atoms with Gasteiger partial charge in [-0.15, -0.1) is 6.58 Å². The Bertz CT molecular complexity index is 316. The van der Waals surface area contributed by atoms with Crippen LogP contribution in [0, 0.1) is 0 Å². The zero-order chi connectivity index (χ0) is 12.0. The van der Waals surface area contributed by atoms with Gasteiger partial charge in [-0.05, 0) is 43.6 Å². The molecule has 0 bridgehead atoms. The molecule has 1 rings (SSSR count). The molecule has 0 fully saturated rings. The minimum Gasteiger partial charge on any atom is -0.399 e. The second-order valence-corrected chi connectivity index (χ2v) is 4.41. The number of anilines is 1. The van der Waals surface area contributed by atoms with E-state index in [0.29, 0.717) is 5.92 Å². The lowest BCUT2D eigenvalue weighted by Gasteiger charge is -2.18. The van der Waals surface area contributed by atoms with E-state index < -0.39 is 0 Å². The number of hydrogen-bond acceptors (Lipinski definition) is 2. The van der Waals surface area contributed by atoms with E-state index in [0.717, 1.165) is 25.2 Å². The van der Waals surface area contributed by atoms with Crippen molar-refractivity contribution in [3.63, 3.8) is 0 Å². The van der Waals surface area contributed by atoms with E-state index in [-0.39, 0.29) is 0 Å². The van der Waals surface area contributed by atoms with Gasteiger partial charge in [-0.2, -0.15) is 0 Å². The molecule has 0 heterocycles. The molecule has 0 saturated carbocycles. The number of likely N-dealkylation sites (N-methyl/N-ethyl adjacent to an activating group) is 1. The monoisotopic (exact) mass is 218 g/mol. The Morgan fingerprint density at radius 2 is 2.00 bits per heavy atom. The molecule has 1 aromatic rings.